The number of rotatable bonds is 6. The first kappa shape index (κ1) is 15.3. The zero-order valence-electron chi connectivity index (χ0n) is 12.0. The fraction of sp³-hybridized carbons (Fsp3) is 0.692. The zero-order chi connectivity index (χ0) is 15.5. The van der Waals surface area contributed by atoms with Crippen LogP contribution >= 0.6 is 0 Å². The van der Waals surface area contributed by atoms with Gasteiger partial charge in [-0.3, -0.25) is 19.6 Å². The molecule has 1 aromatic heterocycles. The van der Waals surface area contributed by atoms with Crippen molar-refractivity contribution in [2.45, 2.75) is 38.5 Å². The quantitative estimate of drug-likeness (QED) is 0.615. The van der Waals surface area contributed by atoms with E-state index in [1.807, 2.05) is 0 Å². The Morgan fingerprint density at radius 2 is 2.19 bits per heavy atom. The lowest BCUT2D eigenvalue weighted by atomic mass is 9.71. The Labute approximate surface area is 122 Å². The molecule has 0 atom stereocenters. The lowest BCUT2D eigenvalue weighted by Crippen LogP contribution is -2.34. The number of hydrogen-bond acceptors (Lipinski definition) is 5. The van der Waals surface area contributed by atoms with E-state index in [4.69, 9.17) is 5.11 Å². The molecule has 0 amide bonds. The van der Waals surface area contributed by atoms with E-state index in [0.29, 0.717) is 6.54 Å². The Hall–Kier alpha value is -2.12. The number of aryl methyl sites for hydroxylation is 1. The van der Waals surface area contributed by atoms with Crippen molar-refractivity contribution < 1.29 is 14.8 Å². The van der Waals surface area contributed by atoms with E-state index >= 15 is 0 Å². The highest BCUT2D eigenvalue weighted by Crippen LogP contribution is 2.39. The summed E-state index contributed by atoms with van der Waals surface area (Å²) in [5.74, 6) is -0.618. The van der Waals surface area contributed by atoms with E-state index in [0.717, 1.165) is 32.1 Å². The molecule has 8 nitrogen and oxygen atoms in total. The van der Waals surface area contributed by atoms with Crippen molar-refractivity contribution in [3.05, 3.63) is 16.3 Å². The van der Waals surface area contributed by atoms with Crippen LogP contribution in [0.15, 0.2) is 6.20 Å². The van der Waals surface area contributed by atoms with Crippen LogP contribution in [0.1, 0.15) is 38.5 Å². The minimum Gasteiger partial charge on any atom is -0.481 e. The molecule has 116 valence electrons. The van der Waals surface area contributed by atoms with Crippen LogP contribution in [0.25, 0.3) is 0 Å². The average molecular weight is 296 g/mol. The minimum atomic E-state index is -0.825. The predicted octanol–water partition coefficient (Wildman–Crippen LogP) is 2.17. The van der Waals surface area contributed by atoms with Gasteiger partial charge in [-0.2, -0.15) is 0 Å². The molecule has 1 aliphatic carbocycles. The number of nitrogens with zero attached hydrogens (tertiary/aromatic N) is 3. The maximum absolute atomic E-state index is 11.1. The fourth-order valence-corrected chi connectivity index (χ4v) is 3.05. The van der Waals surface area contributed by atoms with Gasteiger partial charge in [0.15, 0.2) is 0 Å². The van der Waals surface area contributed by atoms with Gasteiger partial charge in [0, 0.05) is 13.6 Å². The van der Waals surface area contributed by atoms with E-state index in [-0.39, 0.29) is 23.3 Å². The molecule has 21 heavy (non-hydrogen) atoms. The molecule has 2 rings (SSSR count). The van der Waals surface area contributed by atoms with Gasteiger partial charge >= 0.3 is 11.7 Å². The average Bonchev–Trinajstić information content (AvgIpc) is 2.78. The van der Waals surface area contributed by atoms with Crippen LogP contribution in [0.3, 0.4) is 0 Å². The Bertz CT molecular complexity index is 534. The number of nitro groups is 1. The molecule has 1 aromatic rings. The van der Waals surface area contributed by atoms with Gasteiger partial charge in [0.2, 0.25) is 5.82 Å². The molecule has 0 unspecified atom stereocenters. The monoisotopic (exact) mass is 296 g/mol. The van der Waals surface area contributed by atoms with E-state index in [9.17, 15) is 14.9 Å². The minimum absolute atomic E-state index is 0.0840. The number of carboxylic acids is 1. The molecule has 1 saturated carbocycles. The molecule has 1 aliphatic rings. The molecule has 2 N–H and O–H groups in total. The summed E-state index contributed by atoms with van der Waals surface area (Å²) < 4.78 is 1.38. The highest BCUT2D eigenvalue weighted by atomic mass is 16.6. The molecule has 0 aliphatic heterocycles. The molecule has 1 heterocycles. The molecule has 0 saturated heterocycles. The second kappa shape index (κ2) is 6.11. The summed E-state index contributed by atoms with van der Waals surface area (Å²) >= 11 is 0. The summed E-state index contributed by atoms with van der Waals surface area (Å²) in [5, 5.41) is 27.1. The summed E-state index contributed by atoms with van der Waals surface area (Å²) in [6, 6.07) is 0. The normalized spacial score (nSPS) is 17.4. The van der Waals surface area contributed by atoms with Crippen molar-refractivity contribution in [1.82, 2.24) is 9.78 Å². The first-order valence-electron chi connectivity index (χ1n) is 7.06. The van der Waals surface area contributed by atoms with Crippen molar-refractivity contribution in [3.63, 3.8) is 0 Å². The van der Waals surface area contributed by atoms with Crippen molar-refractivity contribution in [1.29, 1.82) is 0 Å². The standard InChI is InChI=1S/C13H20N4O4/c1-16-8-10(17(20)21)12(15-16)14-9-13(7-11(18)19)5-3-2-4-6-13/h8H,2-7,9H2,1H3,(H,14,15)(H,18,19). The third kappa shape index (κ3) is 3.71. The van der Waals surface area contributed by atoms with Crippen molar-refractivity contribution >= 4 is 17.5 Å². The zero-order valence-corrected chi connectivity index (χ0v) is 12.0. The van der Waals surface area contributed by atoms with E-state index < -0.39 is 10.9 Å². The van der Waals surface area contributed by atoms with Crippen molar-refractivity contribution in [3.8, 4) is 0 Å². The second-order valence-corrected chi connectivity index (χ2v) is 5.78. The largest absolute Gasteiger partial charge is 0.481 e. The van der Waals surface area contributed by atoms with Gasteiger partial charge in [0.05, 0.1) is 11.3 Å². The third-order valence-electron chi connectivity index (χ3n) is 4.08. The topological polar surface area (TPSA) is 110 Å². The van der Waals surface area contributed by atoms with Gasteiger partial charge in [-0.25, -0.2) is 0 Å². The summed E-state index contributed by atoms with van der Waals surface area (Å²) in [7, 11) is 1.62. The van der Waals surface area contributed by atoms with E-state index in [2.05, 4.69) is 10.4 Å². The SMILES string of the molecule is Cn1cc([N+](=O)[O-])c(NCC2(CC(=O)O)CCCCC2)n1. The molecule has 0 spiro atoms. The first-order chi connectivity index (χ1) is 9.92. The smallest absolute Gasteiger partial charge is 0.330 e. The Balaban J connectivity index is 2.11. The van der Waals surface area contributed by atoms with Crippen LogP contribution in [0.5, 0.6) is 0 Å². The Morgan fingerprint density at radius 3 is 2.76 bits per heavy atom. The Morgan fingerprint density at radius 1 is 1.52 bits per heavy atom. The number of aromatic nitrogens is 2. The number of carboxylic acid groups (broad SMARTS) is 1. The highest BCUT2D eigenvalue weighted by molar-refractivity contribution is 5.68. The lowest BCUT2D eigenvalue weighted by Gasteiger charge is -2.36. The number of anilines is 1. The number of nitrogens with one attached hydrogen (secondary N) is 1. The summed E-state index contributed by atoms with van der Waals surface area (Å²) in [6.07, 6.45) is 6.19. The molecule has 0 aromatic carbocycles. The van der Waals surface area contributed by atoms with Gasteiger partial charge in [-0.05, 0) is 18.3 Å². The number of hydrogen-bond donors (Lipinski definition) is 2. The fourth-order valence-electron chi connectivity index (χ4n) is 3.05. The molecular weight excluding hydrogens is 276 g/mol. The number of carbonyl (C=O) groups is 1. The summed E-state index contributed by atoms with van der Waals surface area (Å²) in [6.45, 7) is 0.400. The lowest BCUT2D eigenvalue weighted by molar-refractivity contribution is -0.384. The molecule has 0 bridgehead atoms. The summed E-state index contributed by atoms with van der Waals surface area (Å²) in [5.41, 5.74) is -0.422. The maximum Gasteiger partial charge on any atom is 0.330 e. The predicted molar refractivity (Wildman–Crippen MR) is 76.1 cm³/mol. The van der Waals surface area contributed by atoms with E-state index in [1.165, 1.54) is 10.9 Å². The third-order valence-corrected chi connectivity index (χ3v) is 4.08. The van der Waals surface area contributed by atoms with Crippen LogP contribution in [-0.4, -0.2) is 32.3 Å². The van der Waals surface area contributed by atoms with Gasteiger partial charge in [0.25, 0.3) is 0 Å². The number of aliphatic carboxylic acids is 1. The molecule has 0 radical (unpaired) electrons. The van der Waals surface area contributed by atoms with Crippen LogP contribution in [0.4, 0.5) is 11.5 Å². The second-order valence-electron chi connectivity index (χ2n) is 5.78. The van der Waals surface area contributed by atoms with Gasteiger partial charge in [0.1, 0.15) is 6.20 Å². The van der Waals surface area contributed by atoms with Gasteiger partial charge in [-0.1, -0.05) is 19.3 Å². The molecule has 8 heteroatoms. The molecule has 1 fully saturated rings. The van der Waals surface area contributed by atoms with Crippen molar-refractivity contribution in [2.75, 3.05) is 11.9 Å². The van der Waals surface area contributed by atoms with E-state index in [1.54, 1.807) is 7.05 Å². The van der Waals surface area contributed by atoms with Crippen LogP contribution in [0.2, 0.25) is 0 Å². The van der Waals surface area contributed by atoms with Crippen LogP contribution < -0.4 is 5.32 Å². The van der Waals surface area contributed by atoms with Crippen LogP contribution in [-0.2, 0) is 11.8 Å². The van der Waals surface area contributed by atoms with Crippen LogP contribution in [0, 0.1) is 15.5 Å². The first-order valence-corrected chi connectivity index (χ1v) is 7.06. The van der Waals surface area contributed by atoms with Gasteiger partial charge in [-0.15, -0.1) is 5.10 Å². The summed E-state index contributed by atoms with van der Waals surface area (Å²) in [4.78, 5) is 21.6. The Kier molecular flexibility index (Phi) is 4.44. The van der Waals surface area contributed by atoms with Crippen molar-refractivity contribution in [2.24, 2.45) is 12.5 Å². The maximum atomic E-state index is 11.1. The van der Waals surface area contributed by atoms with Gasteiger partial charge < -0.3 is 10.4 Å². The highest BCUT2D eigenvalue weighted by Gasteiger charge is 2.35. The molecular formula is C13H20N4O4.